The van der Waals surface area contributed by atoms with Gasteiger partial charge in [-0.05, 0) is 82.6 Å². The molecule has 0 radical (unpaired) electrons. The fourth-order valence-electron chi connectivity index (χ4n) is 10.8. The lowest BCUT2D eigenvalue weighted by molar-refractivity contribution is 1.31. The zero-order valence-corrected chi connectivity index (χ0v) is 30.4. The van der Waals surface area contributed by atoms with Crippen LogP contribution in [0.2, 0.25) is 0 Å². The maximum absolute atomic E-state index is 3.93. The fraction of sp³-hybridized carbons (Fsp3) is 0. The van der Waals surface area contributed by atoms with Crippen molar-refractivity contribution in [3.8, 4) is 22.3 Å². The molecule has 0 unspecified atom stereocenters. The first-order valence-corrected chi connectivity index (χ1v) is 21.0. The molecule has 0 fully saturated rings. The number of rotatable bonds is 1. The number of nitrogens with one attached hydrogen (secondary N) is 1. The molecule has 0 saturated heterocycles. The van der Waals surface area contributed by atoms with E-state index in [0.29, 0.717) is 0 Å². The number of aromatic amines is 1. The molecule has 248 valence electrons. The number of aromatic nitrogens is 1. The molecular weight excluding hydrogens is 667 g/mol. The Hall–Kier alpha value is -6.62. The fourth-order valence-corrected chi connectivity index (χ4v) is 16.4. The molecule has 4 heteroatoms. The summed E-state index contributed by atoms with van der Waals surface area (Å²) < 4.78 is 0. The molecule has 9 aromatic carbocycles. The third-order valence-corrected chi connectivity index (χ3v) is 17.7. The van der Waals surface area contributed by atoms with Crippen LogP contribution in [0.1, 0.15) is 0 Å². The molecule has 0 aliphatic carbocycles. The molecule has 54 heavy (non-hydrogen) atoms. The summed E-state index contributed by atoms with van der Waals surface area (Å²) in [4.78, 5) is 6.58. The Morgan fingerprint density at radius 3 is 1.93 bits per heavy atom. The number of fused-ring (bicyclic) bond motifs is 17. The van der Waals surface area contributed by atoms with E-state index < -0.39 is 8.07 Å². The number of anilines is 3. The van der Waals surface area contributed by atoms with Gasteiger partial charge in [-0.15, -0.1) is 0 Å². The maximum Gasteiger partial charge on any atom is 0.198 e. The molecule has 3 aliphatic heterocycles. The third-order valence-electron chi connectivity index (χ3n) is 12.8. The average molecular weight is 699 g/mol. The summed E-state index contributed by atoms with van der Waals surface area (Å²) in [6, 6.07) is 66.7. The van der Waals surface area contributed by atoms with E-state index in [4.69, 9.17) is 0 Å². The molecule has 1 aromatic heterocycles. The minimum absolute atomic E-state index is 0.866. The summed E-state index contributed by atoms with van der Waals surface area (Å²) in [5, 5.41) is 13.7. The summed E-state index contributed by atoms with van der Waals surface area (Å²) in [5.41, 5.74) is 14.5. The minimum atomic E-state index is -2.63. The number of benzene rings is 9. The van der Waals surface area contributed by atoms with Crippen LogP contribution in [-0.2, 0) is 0 Å². The highest BCUT2D eigenvalue weighted by Crippen LogP contribution is 2.45. The van der Waals surface area contributed by atoms with Crippen LogP contribution in [0.25, 0.3) is 65.6 Å². The Morgan fingerprint density at radius 1 is 0.463 bits per heavy atom. The largest absolute Gasteiger partial charge is 0.354 e. The predicted molar refractivity (Wildman–Crippen MR) is 234 cm³/mol. The standard InChI is InChI=1S/C50H31BN2Si/c1-3-15-32-30(13-1)27-28-39-46(32)36-19-11-20-37(49(36)52-39)47-33-16-4-2-14-31(33)29-41-48(47)51-38-21-12-26-45-50(38)53(41)40-22-7-10-25-44(40)54(45)42-23-8-5-17-34(42)35-18-6-9-24-43(35)54/h1-29,51-52H. The van der Waals surface area contributed by atoms with Gasteiger partial charge in [0, 0.05) is 38.9 Å². The van der Waals surface area contributed by atoms with Crippen molar-refractivity contribution >= 4 is 107 Å². The van der Waals surface area contributed by atoms with E-state index in [1.807, 2.05) is 0 Å². The van der Waals surface area contributed by atoms with Crippen LogP contribution >= 0.6 is 0 Å². The van der Waals surface area contributed by atoms with Crippen LogP contribution < -0.4 is 36.6 Å². The topological polar surface area (TPSA) is 19.0 Å². The van der Waals surface area contributed by atoms with E-state index >= 15 is 0 Å². The van der Waals surface area contributed by atoms with Crippen molar-refractivity contribution < 1.29 is 0 Å². The van der Waals surface area contributed by atoms with Gasteiger partial charge in [0.2, 0.25) is 0 Å². The normalized spacial score (nSPS) is 14.2. The summed E-state index contributed by atoms with van der Waals surface area (Å²) >= 11 is 0. The quantitative estimate of drug-likeness (QED) is 0.172. The summed E-state index contributed by atoms with van der Waals surface area (Å²) in [5.74, 6) is 0. The van der Waals surface area contributed by atoms with Gasteiger partial charge in [0.1, 0.15) is 0 Å². The minimum Gasteiger partial charge on any atom is -0.354 e. The Balaban J connectivity index is 1.14. The third kappa shape index (κ3) is 3.43. The first kappa shape index (κ1) is 28.9. The first-order valence-electron chi connectivity index (χ1n) is 19.0. The summed E-state index contributed by atoms with van der Waals surface area (Å²) in [7, 11) is -1.77. The van der Waals surface area contributed by atoms with E-state index in [1.54, 1.807) is 0 Å². The van der Waals surface area contributed by atoms with Crippen molar-refractivity contribution in [2.24, 2.45) is 0 Å². The lowest BCUT2D eigenvalue weighted by Gasteiger charge is -2.47. The number of hydrogen-bond donors (Lipinski definition) is 1. The maximum atomic E-state index is 3.93. The lowest BCUT2D eigenvalue weighted by atomic mass is 9.57. The molecule has 0 saturated carbocycles. The molecule has 0 atom stereocenters. The average Bonchev–Trinajstić information content (AvgIpc) is 3.76. The first-order chi connectivity index (χ1) is 26.8. The van der Waals surface area contributed by atoms with Crippen LogP contribution in [0.5, 0.6) is 0 Å². The molecule has 4 heterocycles. The van der Waals surface area contributed by atoms with Gasteiger partial charge in [-0.3, -0.25) is 0 Å². The number of para-hydroxylation sites is 3. The van der Waals surface area contributed by atoms with Gasteiger partial charge in [-0.1, -0.05) is 163 Å². The van der Waals surface area contributed by atoms with Gasteiger partial charge in [0.05, 0.1) is 5.52 Å². The van der Waals surface area contributed by atoms with Crippen LogP contribution in [0.3, 0.4) is 0 Å². The van der Waals surface area contributed by atoms with Crippen molar-refractivity contribution in [2.45, 2.75) is 0 Å². The number of H-pyrrole nitrogens is 1. The molecule has 10 aromatic rings. The number of nitrogens with zero attached hydrogens (tertiary/aromatic N) is 1. The van der Waals surface area contributed by atoms with Crippen molar-refractivity contribution in [3.05, 3.63) is 176 Å². The van der Waals surface area contributed by atoms with Gasteiger partial charge in [-0.25, -0.2) is 0 Å². The van der Waals surface area contributed by atoms with Crippen molar-refractivity contribution in [1.82, 2.24) is 4.98 Å². The molecule has 3 aliphatic rings. The van der Waals surface area contributed by atoms with Crippen molar-refractivity contribution in [3.63, 3.8) is 0 Å². The molecule has 2 nitrogen and oxygen atoms in total. The van der Waals surface area contributed by atoms with Crippen molar-refractivity contribution in [1.29, 1.82) is 0 Å². The van der Waals surface area contributed by atoms with Crippen LogP contribution in [-0.4, -0.2) is 20.3 Å². The van der Waals surface area contributed by atoms with Crippen molar-refractivity contribution in [2.75, 3.05) is 4.90 Å². The van der Waals surface area contributed by atoms with Crippen LogP contribution in [0.15, 0.2) is 176 Å². The van der Waals surface area contributed by atoms with Gasteiger partial charge in [0.15, 0.2) is 15.4 Å². The molecule has 1 spiro atoms. The Kier molecular flexibility index (Phi) is 5.50. The van der Waals surface area contributed by atoms with E-state index in [9.17, 15) is 0 Å². The van der Waals surface area contributed by atoms with E-state index in [2.05, 4.69) is 186 Å². The summed E-state index contributed by atoms with van der Waals surface area (Å²) in [6.07, 6.45) is 0. The van der Waals surface area contributed by atoms with Crippen LogP contribution in [0.4, 0.5) is 17.1 Å². The summed E-state index contributed by atoms with van der Waals surface area (Å²) in [6.45, 7) is 0. The second-order valence-corrected chi connectivity index (χ2v) is 18.9. The lowest BCUT2D eigenvalue weighted by Crippen LogP contribution is -2.76. The Morgan fingerprint density at radius 2 is 1.09 bits per heavy atom. The molecule has 13 rings (SSSR count). The highest BCUT2D eigenvalue weighted by molar-refractivity contribution is 7.23. The second kappa shape index (κ2) is 10.3. The smallest absolute Gasteiger partial charge is 0.198 e. The van der Waals surface area contributed by atoms with E-state index in [-0.39, 0.29) is 0 Å². The highest BCUT2D eigenvalue weighted by atomic mass is 28.3. The Labute approximate surface area is 314 Å². The zero-order chi connectivity index (χ0) is 35.1. The van der Waals surface area contributed by atoms with Gasteiger partial charge in [-0.2, -0.15) is 0 Å². The molecule has 0 amide bonds. The molecule has 0 bridgehead atoms. The van der Waals surface area contributed by atoms with Crippen LogP contribution in [0, 0.1) is 0 Å². The molecular formula is C50H31BN2Si. The SMILES string of the molecule is B1c2cccc3c2N(c2ccccc2[Si]32c3ccccc3-c3ccccc32)c2cc3ccccc3c(-c3cccc4c3[nH]c3ccc5ccccc5c34)c21. The van der Waals surface area contributed by atoms with Gasteiger partial charge >= 0.3 is 0 Å². The van der Waals surface area contributed by atoms with E-state index in [1.165, 1.54) is 114 Å². The predicted octanol–water partition coefficient (Wildman–Crippen LogP) is 8.14. The number of hydrogen-bond acceptors (Lipinski definition) is 1. The second-order valence-electron chi connectivity index (χ2n) is 15.2. The highest BCUT2D eigenvalue weighted by Gasteiger charge is 2.54. The Bertz CT molecular complexity index is 3240. The molecule has 1 N–H and O–H groups in total. The van der Waals surface area contributed by atoms with Gasteiger partial charge < -0.3 is 9.88 Å². The monoisotopic (exact) mass is 698 g/mol. The van der Waals surface area contributed by atoms with E-state index in [0.717, 1.165) is 7.28 Å². The zero-order valence-electron chi connectivity index (χ0n) is 29.4. The van der Waals surface area contributed by atoms with Gasteiger partial charge in [0.25, 0.3) is 0 Å².